The maximum atomic E-state index is 9.68. The highest BCUT2D eigenvalue weighted by molar-refractivity contribution is 7.80. The second-order valence-corrected chi connectivity index (χ2v) is 2.09. The summed E-state index contributed by atoms with van der Waals surface area (Å²) in [5.74, 6) is 0. The molecule has 0 aliphatic rings. The Bertz CT molecular complexity index is 193. The van der Waals surface area contributed by atoms with Crippen molar-refractivity contribution in [3.05, 3.63) is 12.7 Å². The number of nitrogens with zero attached hydrogens (tertiary/aromatic N) is 1. The lowest BCUT2D eigenvalue weighted by atomic mass is 10.7. The van der Waals surface area contributed by atoms with Gasteiger partial charge in [0.25, 0.3) is 0 Å². The second kappa shape index (κ2) is 6.22. The Kier molecular flexibility index (Phi) is 7.37. The summed E-state index contributed by atoms with van der Waals surface area (Å²) < 4.78 is 31.0. The van der Waals surface area contributed by atoms with Gasteiger partial charge in [0.15, 0.2) is 0 Å². The molecule has 0 aliphatic heterocycles. The van der Waals surface area contributed by atoms with Crippen molar-refractivity contribution in [2.45, 2.75) is 0 Å². The molecule has 0 radical (unpaired) electrons. The van der Waals surface area contributed by atoms with Gasteiger partial charge in [-0.1, -0.05) is 6.08 Å². The molecule has 0 atom stereocenters. The molecule has 0 aromatic heterocycles. The van der Waals surface area contributed by atoms with Crippen LogP contribution in [0.1, 0.15) is 0 Å². The van der Waals surface area contributed by atoms with Gasteiger partial charge in [0, 0.05) is 6.57 Å². The monoisotopic (exact) mass is 165 g/mol. The van der Waals surface area contributed by atoms with Crippen molar-refractivity contribution in [3.63, 3.8) is 0 Å². The van der Waals surface area contributed by atoms with E-state index in [-0.39, 0.29) is 6.61 Å². The fourth-order valence-electron chi connectivity index (χ4n) is 0.134. The summed E-state index contributed by atoms with van der Waals surface area (Å²) in [5.41, 5.74) is 0. The summed E-state index contributed by atoms with van der Waals surface area (Å²) in [6.07, 6.45) is 1.22. The molecule has 5 nitrogen and oxygen atoms in total. The highest BCUT2D eigenvalue weighted by atomic mass is 32.3. The Morgan fingerprint density at radius 2 is 2.10 bits per heavy atom. The smallest absolute Gasteiger partial charge is 0.264 e. The predicted molar refractivity (Wildman–Crippen MR) is 34.4 cm³/mol. The molecule has 0 fully saturated rings. The summed E-state index contributed by atoms with van der Waals surface area (Å²) in [6.45, 7) is 6.47. The molecule has 0 aromatic carbocycles. The quantitative estimate of drug-likeness (QED) is 0.474. The van der Waals surface area contributed by atoms with Gasteiger partial charge < -0.3 is 0 Å². The molecule has 0 heterocycles. The minimum atomic E-state index is -4.26. The summed E-state index contributed by atoms with van der Waals surface area (Å²) >= 11 is 0. The van der Waals surface area contributed by atoms with Gasteiger partial charge >= 0.3 is 10.4 Å². The first kappa shape index (κ1) is 11.8. The highest BCUT2D eigenvalue weighted by Gasteiger charge is 1.99. The maximum Gasteiger partial charge on any atom is 0.397 e. The van der Waals surface area contributed by atoms with Crippen LogP contribution in [0, 0.1) is 11.8 Å². The minimum Gasteiger partial charge on any atom is -0.264 e. The van der Waals surface area contributed by atoms with Crippen LogP contribution in [0.25, 0.3) is 0 Å². The van der Waals surface area contributed by atoms with Crippen LogP contribution in [0.3, 0.4) is 0 Å². The van der Waals surface area contributed by atoms with Crippen molar-refractivity contribution in [2.75, 3.05) is 6.61 Å². The van der Waals surface area contributed by atoms with Gasteiger partial charge in [0.1, 0.15) is 0 Å². The Hall–Kier alpha value is -0.900. The topological polar surface area (TPSA) is 87.4 Å². The van der Waals surface area contributed by atoms with Crippen molar-refractivity contribution in [3.8, 4) is 6.57 Å². The molecule has 1 N–H and O–H groups in total. The van der Waals surface area contributed by atoms with E-state index in [1.165, 1.54) is 6.08 Å². The van der Waals surface area contributed by atoms with Crippen LogP contribution in [-0.4, -0.2) is 19.6 Å². The first-order valence-corrected chi connectivity index (χ1v) is 3.41. The van der Waals surface area contributed by atoms with Gasteiger partial charge in [-0.3, -0.25) is 4.55 Å². The molecule has 0 saturated carbocycles. The van der Waals surface area contributed by atoms with Gasteiger partial charge in [-0.05, 0) is 0 Å². The molecule has 0 bridgehead atoms. The molecular weight excluding hydrogens is 158 g/mol. The van der Waals surface area contributed by atoms with Crippen LogP contribution in [0.2, 0.25) is 0 Å². The lowest BCUT2D eigenvalue weighted by molar-refractivity contribution is 0.296. The van der Waals surface area contributed by atoms with Crippen molar-refractivity contribution >= 4 is 10.4 Å². The number of rotatable bonds is 3. The Morgan fingerprint density at radius 3 is 2.20 bits per heavy atom. The van der Waals surface area contributed by atoms with Crippen molar-refractivity contribution in [2.24, 2.45) is 0 Å². The fourth-order valence-corrected chi connectivity index (χ4v) is 0.402. The molecule has 0 amide bonds. The van der Waals surface area contributed by atoms with E-state index in [9.17, 15) is 8.42 Å². The number of hydrogen-bond acceptors (Lipinski definition) is 4. The van der Waals surface area contributed by atoms with Gasteiger partial charge in [0.05, 0.1) is 6.61 Å². The third-order valence-electron chi connectivity index (χ3n) is 0.335. The van der Waals surface area contributed by atoms with E-state index in [1.807, 2.05) is 0 Å². The van der Waals surface area contributed by atoms with Crippen molar-refractivity contribution in [1.29, 1.82) is 5.26 Å². The summed E-state index contributed by atoms with van der Waals surface area (Å²) in [6, 6.07) is 0. The lowest BCUT2D eigenvalue weighted by Crippen LogP contribution is -2.02. The van der Waals surface area contributed by atoms with E-state index in [1.54, 1.807) is 0 Å². The molecule has 0 unspecified atom stereocenters. The lowest BCUT2D eigenvalue weighted by Gasteiger charge is -1.90. The van der Waals surface area contributed by atoms with Crippen LogP contribution in [0.4, 0.5) is 0 Å². The van der Waals surface area contributed by atoms with E-state index in [0.29, 0.717) is 0 Å². The van der Waals surface area contributed by atoms with E-state index in [2.05, 4.69) is 17.3 Å². The van der Waals surface area contributed by atoms with Gasteiger partial charge in [-0.15, -0.1) is 6.58 Å². The zero-order chi connectivity index (χ0) is 8.62. The molecular formula is C4H7NO4S. The van der Waals surface area contributed by atoms with Crippen LogP contribution in [-0.2, 0) is 14.6 Å². The SMILES string of the molecule is C#N.C=CCOS(=O)(=O)O. The fraction of sp³-hybridized carbons (Fsp3) is 0.250. The average molecular weight is 165 g/mol. The molecule has 10 heavy (non-hydrogen) atoms. The van der Waals surface area contributed by atoms with Crippen LogP contribution >= 0.6 is 0 Å². The minimum absolute atomic E-state index is 0.196. The Morgan fingerprint density at radius 1 is 1.70 bits per heavy atom. The molecule has 0 rings (SSSR count). The standard InChI is InChI=1S/C3H6O4S.CHN/c1-2-3-7-8(4,5)6;1-2/h2H,1,3H2,(H,4,5,6);1H. The number of hydrogen-bond donors (Lipinski definition) is 1. The van der Waals surface area contributed by atoms with Crippen molar-refractivity contribution < 1.29 is 17.2 Å². The van der Waals surface area contributed by atoms with E-state index in [4.69, 9.17) is 9.81 Å². The third-order valence-corrected chi connectivity index (χ3v) is 0.769. The van der Waals surface area contributed by atoms with Crippen LogP contribution in [0.15, 0.2) is 12.7 Å². The van der Waals surface area contributed by atoms with Crippen LogP contribution < -0.4 is 0 Å². The summed E-state index contributed by atoms with van der Waals surface area (Å²) in [4.78, 5) is 0. The van der Waals surface area contributed by atoms with E-state index in [0.717, 1.165) is 0 Å². The molecule has 0 aliphatic carbocycles. The average Bonchev–Trinajstić information content (AvgIpc) is 1.87. The third kappa shape index (κ3) is 15.7. The normalized spacial score (nSPS) is 9.10. The predicted octanol–water partition coefficient (Wildman–Crippen LogP) is 0.132. The Balaban J connectivity index is 0. The zero-order valence-electron chi connectivity index (χ0n) is 5.10. The molecule has 0 saturated heterocycles. The van der Waals surface area contributed by atoms with Crippen molar-refractivity contribution in [1.82, 2.24) is 0 Å². The molecule has 0 spiro atoms. The zero-order valence-corrected chi connectivity index (χ0v) is 5.91. The summed E-state index contributed by atoms with van der Waals surface area (Å²) in [7, 11) is -4.26. The number of nitriles is 1. The largest absolute Gasteiger partial charge is 0.397 e. The first-order valence-electron chi connectivity index (χ1n) is 2.05. The van der Waals surface area contributed by atoms with E-state index >= 15 is 0 Å². The van der Waals surface area contributed by atoms with Gasteiger partial charge in [0.2, 0.25) is 0 Å². The maximum absolute atomic E-state index is 9.68. The summed E-state index contributed by atoms with van der Waals surface area (Å²) in [5, 5.41) is 6.50. The van der Waals surface area contributed by atoms with Gasteiger partial charge in [-0.2, -0.15) is 8.42 Å². The Labute approximate surface area is 59.5 Å². The first-order chi connectivity index (χ1) is 4.56. The molecule has 6 heteroatoms. The van der Waals surface area contributed by atoms with Gasteiger partial charge in [-0.25, -0.2) is 9.44 Å². The second-order valence-electron chi connectivity index (χ2n) is 1.00. The molecule has 0 aromatic rings. The van der Waals surface area contributed by atoms with Crippen LogP contribution in [0.5, 0.6) is 0 Å². The molecule has 58 valence electrons. The van der Waals surface area contributed by atoms with E-state index < -0.39 is 10.4 Å². The highest BCUT2D eigenvalue weighted by Crippen LogP contribution is 1.83.